The highest BCUT2D eigenvalue weighted by atomic mass is 16.5. The third-order valence-electron chi connectivity index (χ3n) is 3.55. The van der Waals surface area contributed by atoms with Crippen LogP contribution in [0.1, 0.15) is 31.4 Å². The molecular formula is C16H25NO2. The third-order valence-corrected chi connectivity index (χ3v) is 3.55. The molecule has 2 rings (SSSR count). The Labute approximate surface area is 116 Å². The zero-order chi connectivity index (χ0) is 13.9. The molecule has 3 heteroatoms. The maximum absolute atomic E-state index is 9.32. The van der Waals surface area contributed by atoms with E-state index in [1.807, 2.05) is 0 Å². The number of rotatable bonds is 5. The van der Waals surface area contributed by atoms with E-state index in [-0.39, 0.29) is 12.0 Å². The molecule has 0 bridgehead atoms. The van der Waals surface area contributed by atoms with Crippen molar-refractivity contribution in [2.24, 2.45) is 5.41 Å². The van der Waals surface area contributed by atoms with E-state index in [4.69, 9.17) is 4.74 Å². The smallest absolute Gasteiger partial charge is 0.122 e. The molecule has 0 aliphatic carbocycles. The van der Waals surface area contributed by atoms with Crippen LogP contribution < -0.4 is 4.74 Å². The summed E-state index contributed by atoms with van der Waals surface area (Å²) in [7, 11) is 2.10. The zero-order valence-electron chi connectivity index (χ0n) is 12.3. The molecule has 1 aliphatic rings. The number of ether oxygens (including phenoxy) is 1. The van der Waals surface area contributed by atoms with Crippen LogP contribution in [0.2, 0.25) is 0 Å². The highest BCUT2D eigenvalue weighted by molar-refractivity contribution is 5.38. The standard InChI is InChI=1S/C16H25NO2/c1-16(2,12-18)11-17(3)10-13-6-7-15-14(9-13)5-4-8-19-15/h6-7,9,18H,4-5,8,10-12H2,1-3H3. The molecule has 1 aromatic rings. The van der Waals surface area contributed by atoms with Gasteiger partial charge in [0.1, 0.15) is 5.75 Å². The average molecular weight is 263 g/mol. The number of aliphatic hydroxyl groups excluding tert-OH is 1. The van der Waals surface area contributed by atoms with E-state index in [1.54, 1.807) is 0 Å². The van der Waals surface area contributed by atoms with E-state index in [1.165, 1.54) is 11.1 Å². The van der Waals surface area contributed by atoms with E-state index in [2.05, 4.69) is 44.0 Å². The summed E-state index contributed by atoms with van der Waals surface area (Å²) in [6.45, 7) is 7.04. The van der Waals surface area contributed by atoms with Crippen molar-refractivity contribution in [3.8, 4) is 5.75 Å². The predicted molar refractivity (Wildman–Crippen MR) is 77.5 cm³/mol. The molecule has 0 amide bonds. The van der Waals surface area contributed by atoms with Gasteiger partial charge in [0.2, 0.25) is 0 Å². The van der Waals surface area contributed by atoms with Crippen molar-refractivity contribution in [2.75, 3.05) is 26.8 Å². The van der Waals surface area contributed by atoms with E-state index in [0.29, 0.717) is 0 Å². The lowest BCUT2D eigenvalue weighted by Crippen LogP contribution is -2.33. The summed E-state index contributed by atoms with van der Waals surface area (Å²) < 4.78 is 5.63. The van der Waals surface area contributed by atoms with Crippen molar-refractivity contribution in [3.05, 3.63) is 29.3 Å². The van der Waals surface area contributed by atoms with Crippen LogP contribution in [0.25, 0.3) is 0 Å². The molecular weight excluding hydrogens is 238 g/mol. The van der Waals surface area contributed by atoms with Gasteiger partial charge in [-0.05, 0) is 37.1 Å². The molecule has 19 heavy (non-hydrogen) atoms. The van der Waals surface area contributed by atoms with E-state index in [0.717, 1.165) is 38.3 Å². The predicted octanol–water partition coefficient (Wildman–Crippen LogP) is 2.46. The summed E-state index contributed by atoms with van der Waals surface area (Å²) in [5.41, 5.74) is 2.60. The van der Waals surface area contributed by atoms with Gasteiger partial charge in [0.05, 0.1) is 6.61 Å². The summed E-state index contributed by atoms with van der Waals surface area (Å²) >= 11 is 0. The van der Waals surface area contributed by atoms with Crippen molar-refractivity contribution in [1.82, 2.24) is 4.90 Å². The van der Waals surface area contributed by atoms with Crippen LogP contribution >= 0.6 is 0 Å². The first-order chi connectivity index (χ1) is 9.00. The van der Waals surface area contributed by atoms with Crippen molar-refractivity contribution in [1.29, 1.82) is 0 Å². The largest absolute Gasteiger partial charge is 0.493 e. The van der Waals surface area contributed by atoms with Crippen LogP contribution in [0.15, 0.2) is 18.2 Å². The first kappa shape index (κ1) is 14.4. The summed E-state index contributed by atoms with van der Waals surface area (Å²) in [6, 6.07) is 6.50. The Morgan fingerprint density at radius 2 is 2.16 bits per heavy atom. The lowest BCUT2D eigenvalue weighted by molar-refractivity contribution is 0.112. The van der Waals surface area contributed by atoms with Crippen molar-refractivity contribution in [2.45, 2.75) is 33.2 Å². The average Bonchev–Trinajstić information content (AvgIpc) is 2.38. The number of hydrogen-bond donors (Lipinski definition) is 1. The molecule has 0 fully saturated rings. The van der Waals surface area contributed by atoms with E-state index in [9.17, 15) is 5.11 Å². The zero-order valence-corrected chi connectivity index (χ0v) is 12.3. The number of benzene rings is 1. The van der Waals surface area contributed by atoms with Gasteiger partial charge in [-0.1, -0.05) is 26.0 Å². The second-order valence-electron chi connectivity index (χ2n) is 6.39. The van der Waals surface area contributed by atoms with E-state index < -0.39 is 0 Å². The number of fused-ring (bicyclic) bond motifs is 1. The van der Waals surface area contributed by atoms with Crippen LogP contribution in [-0.4, -0.2) is 36.8 Å². The summed E-state index contributed by atoms with van der Waals surface area (Å²) in [4.78, 5) is 2.27. The Morgan fingerprint density at radius 3 is 2.89 bits per heavy atom. The first-order valence-electron chi connectivity index (χ1n) is 7.04. The van der Waals surface area contributed by atoms with Gasteiger partial charge in [0.25, 0.3) is 0 Å². The van der Waals surface area contributed by atoms with Gasteiger partial charge in [-0.15, -0.1) is 0 Å². The van der Waals surface area contributed by atoms with Crippen LogP contribution in [0.5, 0.6) is 5.75 Å². The molecule has 0 radical (unpaired) electrons. The molecule has 106 valence electrons. The molecule has 0 saturated carbocycles. The Balaban J connectivity index is 1.99. The Hall–Kier alpha value is -1.06. The molecule has 1 aliphatic heterocycles. The number of nitrogens with zero attached hydrogens (tertiary/aromatic N) is 1. The first-order valence-corrected chi connectivity index (χ1v) is 7.04. The minimum absolute atomic E-state index is 0.0495. The van der Waals surface area contributed by atoms with Crippen molar-refractivity contribution in [3.63, 3.8) is 0 Å². The van der Waals surface area contributed by atoms with Gasteiger partial charge in [-0.2, -0.15) is 0 Å². The van der Waals surface area contributed by atoms with Crippen LogP contribution in [0, 0.1) is 5.41 Å². The fraction of sp³-hybridized carbons (Fsp3) is 0.625. The van der Waals surface area contributed by atoms with Gasteiger partial charge in [-0.3, -0.25) is 0 Å². The SMILES string of the molecule is CN(Cc1ccc2c(c1)CCCO2)CC(C)(C)CO. The summed E-state index contributed by atoms with van der Waals surface area (Å²) in [5.74, 6) is 1.05. The second-order valence-corrected chi connectivity index (χ2v) is 6.39. The molecule has 1 N–H and O–H groups in total. The van der Waals surface area contributed by atoms with E-state index >= 15 is 0 Å². The lowest BCUT2D eigenvalue weighted by atomic mass is 9.94. The quantitative estimate of drug-likeness (QED) is 0.886. The molecule has 3 nitrogen and oxygen atoms in total. The molecule has 0 atom stereocenters. The summed E-state index contributed by atoms with van der Waals surface area (Å²) in [5, 5.41) is 9.32. The number of hydrogen-bond acceptors (Lipinski definition) is 3. The molecule has 0 unspecified atom stereocenters. The van der Waals surface area contributed by atoms with Crippen LogP contribution in [0.4, 0.5) is 0 Å². The highest BCUT2D eigenvalue weighted by Gasteiger charge is 2.19. The normalized spacial score (nSPS) is 15.2. The Kier molecular flexibility index (Phi) is 4.48. The monoisotopic (exact) mass is 263 g/mol. The van der Waals surface area contributed by atoms with Crippen molar-refractivity contribution >= 4 is 0 Å². The number of aryl methyl sites for hydroxylation is 1. The van der Waals surface area contributed by atoms with Gasteiger partial charge in [0, 0.05) is 25.1 Å². The van der Waals surface area contributed by atoms with Gasteiger partial charge in [-0.25, -0.2) is 0 Å². The fourth-order valence-electron chi connectivity index (χ4n) is 2.66. The maximum atomic E-state index is 9.32. The lowest BCUT2D eigenvalue weighted by Gasteiger charge is -2.28. The second kappa shape index (κ2) is 5.93. The van der Waals surface area contributed by atoms with Gasteiger partial charge < -0.3 is 14.7 Å². The third kappa shape index (κ3) is 3.95. The topological polar surface area (TPSA) is 32.7 Å². The minimum Gasteiger partial charge on any atom is -0.493 e. The van der Waals surface area contributed by atoms with Crippen molar-refractivity contribution < 1.29 is 9.84 Å². The molecule has 0 aromatic heterocycles. The molecule has 1 heterocycles. The molecule has 1 aromatic carbocycles. The molecule has 0 saturated heterocycles. The number of aliphatic hydroxyl groups is 1. The Morgan fingerprint density at radius 1 is 1.37 bits per heavy atom. The summed E-state index contributed by atoms with van der Waals surface area (Å²) in [6.07, 6.45) is 2.23. The minimum atomic E-state index is -0.0495. The van der Waals surface area contributed by atoms with Crippen LogP contribution in [0.3, 0.4) is 0 Å². The Bertz CT molecular complexity index is 429. The maximum Gasteiger partial charge on any atom is 0.122 e. The highest BCUT2D eigenvalue weighted by Crippen LogP contribution is 2.26. The fourth-order valence-corrected chi connectivity index (χ4v) is 2.66. The van der Waals surface area contributed by atoms with Gasteiger partial charge in [0.15, 0.2) is 0 Å². The van der Waals surface area contributed by atoms with Gasteiger partial charge >= 0.3 is 0 Å². The molecule has 0 spiro atoms. The van der Waals surface area contributed by atoms with Crippen LogP contribution in [-0.2, 0) is 13.0 Å².